The minimum atomic E-state index is 0.786. The van der Waals surface area contributed by atoms with E-state index in [4.69, 9.17) is 9.47 Å². The summed E-state index contributed by atoms with van der Waals surface area (Å²) in [7, 11) is 3.32. The van der Waals surface area contributed by atoms with Gasteiger partial charge in [-0.05, 0) is 37.5 Å². The molecule has 3 nitrogen and oxygen atoms in total. The fraction of sp³-hybridized carbons (Fsp3) is 0.333. The van der Waals surface area contributed by atoms with Crippen LogP contribution in [0.3, 0.4) is 0 Å². The predicted molar refractivity (Wildman–Crippen MR) is 87.5 cm³/mol. The van der Waals surface area contributed by atoms with Crippen molar-refractivity contribution in [2.45, 2.75) is 27.3 Å². The van der Waals surface area contributed by atoms with Gasteiger partial charge in [-0.3, -0.25) is 0 Å². The lowest BCUT2D eigenvalue weighted by molar-refractivity contribution is 0.394. The molecule has 0 fully saturated rings. The van der Waals surface area contributed by atoms with Gasteiger partial charge in [-0.15, -0.1) is 0 Å². The molecule has 0 unspecified atom stereocenters. The first-order valence-corrected chi connectivity index (χ1v) is 7.07. The van der Waals surface area contributed by atoms with Gasteiger partial charge in [0.15, 0.2) is 0 Å². The van der Waals surface area contributed by atoms with Crippen molar-refractivity contribution < 1.29 is 9.47 Å². The van der Waals surface area contributed by atoms with Crippen LogP contribution in [-0.4, -0.2) is 14.2 Å². The van der Waals surface area contributed by atoms with Crippen molar-refractivity contribution in [3.8, 4) is 11.5 Å². The van der Waals surface area contributed by atoms with Crippen LogP contribution in [0.25, 0.3) is 0 Å². The monoisotopic (exact) mass is 285 g/mol. The van der Waals surface area contributed by atoms with Crippen LogP contribution in [0.1, 0.15) is 22.3 Å². The molecule has 0 radical (unpaired) electrons. The molecule has 0 atom stereocenters. The van der Waals surface area contributed by atoms with Crippen molar-refractivity contribution >= 4 is 5.69 Å². The normalized spacial score (nSPS) is 10.3. The van der Waals surface area contributed by atoms with Gasteiger partial charge in [0, 0.05) is 30.4 Å². The maximum Gasteiger partial charge on any atom is 0.124 e. The molecule has 112 valence electrons. The molecule has 0 aliphatic heterocycles. The molecule has 0 bridgehead atoms. The van der Waals surface area contributed by atoms with Crippen LogP contribution in [0, 0.1) is 20.8 Å². The SMILES string of the molecule is COc1cc(NCc2c(C)cc(C)cc2C)cc(OC)c1. The van der Waals surface area contributed by atoms with Gasteiger partial charge >= 0.3 is 0 Å². The summed E-state index contributed by atoms with van der Waals surface area (Å²) in [5.74, 6) is 1.57. The van der Waals surface area contributed by atoms with Gasteiger partial charge < -0.3 is 14.8 Å². The number of nitrogens with one attached hydrogen (secondary N) is 1. The molecule has 2 rings (SSSR count). The Morgan fingerprint density at radius 3 is 1.81 bits per heavy atom. The molecule has 0 aliphatic carbocycles. The molecule has 0 heterocycles. The smallest absolute Gasteiger partial charge is 0.124 e. The summed E-state index contributed by atoms with van der Waals surface area (Å²) in [5, 5.41) is 3.45. The van der Waals surface area contributed by atoms with E-state index in [1.807, 2.05) is 18.2 Å². The molecule has 0 spiro atoms. The first kappa shape index (κ1) is 15.2. The number of aryl methyl sites for hydroxylation is 3. The van der Waals surface area contributed by atoms with Gasteiger partial charge in [0.25, 0.3) is 0 Å². The molecule has 2 aromatic rings. The van der Waals surface area contributed by atoms with Crippen LogP contribution in [0.2, 0.25) is 0 Å². The van der Waals surface area contributed by atoms with Gasteiger partial charge in [0.1, 0.15) is 11.5 Å². The summed E-state index contributed by atoms with van der Waals surface area (Å²) in [6.45, 7) is 7.23. The maximum absolute atomic E-state index is 5.29. The summed E-state index contributed by atoms with van der Waals surface area (Å²) in [6.07, 6.45) is 0. The Hall–Kier alpha value is -2.16. The van der Waals surface area contributed by atoms with E-state index in [9.17, 15) is 0 Å². The average molecular weight is 285 g/mol. The van der Waals surface area contributed by atoms with Crippen LogP contribution < -0.4 is 14.8 Å². The van der Waals surface area contributed by atoms with Crippen molar-refractivity contribution in [3.05, 3.63) is 52.6 Å². The van der Waals surface area contributed by atoms with Gasteiger partial charge in [0.05, 0.1) is 14.2 Å². The number of benzene rings is 2. The second kappa shape index (κ2) is 6.53. The van der Waals surface area contributed by atoms with E-state index in [-0.39, 0.29) is 0 Å². The predicted octanol–water partition coefficient (Wildman–Crippen LogP) is 4.24. The molecule has 0 saturated carbocycles. The van der Waals surface area contributed by atoms with E-state index in [1.165, 1.54) is 22.3 Å². The van der Waals surface area contributed by atoms with Crippen molar-refractivity contribution in [1.29, 1.82) is 0 Å². The third kappa shape index (κ3) is 3.69. The Morgan fingerprint density at radius 1 is 0.810 bits per heavy atom. The lowest BCUT2D eigenvalue weighted by Gasteiger charge is -2.14. The third-order valence-corrected chi connectivity index (χ3v) is 3.66. The van der Waals surface area contributed by atoms with E-state index in [0.717, 1.165) is 23.7 Å². The number of hydrogen-bond donors (Lipinski definition) is 1. The Balaban J connectivity index is 2.20. The molecule has 0 amide bonds. The zero-order valence-corrected chi connectivity index (χ0v) is 13.4. The highest BCUT2D eigenvalue weighted by Crippen LogP contribution is 2.26. The molecule has 0 saturated heterocycles. The second-order valence-electron chi connectivity index (χ2n) is 5.33. The number of anilines is 1. The number of hydrogen-bond acceptors (Lipinski definition) is 3. The fourth-order valence-corrected chi connectivity index (χ4v) is 2.59. The minimum absolute atomic E-state index is 0.786. The van der Waals surface area contributed by atoms with Gasteiger partial charge in [-0.25, -0.2) is 0 Å². The standard InChI is InChI=1S/C18H23NO2/c1-12-6-13(2)18(14(3)7-12)11-19-15-8-16(20-4)10-17(9-15)21-5/h6-10,19H,11H2,1-5H3. The van der Waals surface area contributed by atoms with E-state index in [0.29, 0.717) is 0 Å². The van der Waals surface area contributed by atoms with E-state index in [2.05, 4.69) is 38.2 Å². The van der Waals surface area contributed by atoms with Crippen molar-refractivity contribution in [1.82, 2.24) is 0 Å². The van der Waals surface area contributed by atoms with Gasteiger partial charge in [-0.1, -0.05) is 17.7 Å². The topological polar surface area (TPSA) is 30.5 Å². The van der Waals surface area contributed by atoms with E-state index < -0.39 is 0 Å². The molecule has 0 aliphatic rings. The Bertz CT molecular complexity index is 590. The van der Waals surface area contributed by atoms with Crippen LogP contribution in [0.5, 0.6) is 11.5 Å². The molecule has 21 heavy (non-hydrogen) atoms. The van der Waals surface area contributed by atoms with Crippen LogP contribution >= 0.6 is 0 Å². The summed E-state index contributed by atoms with van der Waals surface area (Å²) in [6, 6.07) is 10.3. The van der Waals surface area contributed by atoms with E-state index in [1.54, 1.807) is 14.2 Å². The van der Waals surface area contributed by atoms with Crippen molar-refractivity contribution in [3.63, 3.8) is 0 Å². The Labute approximate surface area is 126 Å². The average Bonchev–Trinajstić information content (AvgIpc) is 2.45. The molecule has 0 aromatic heterocycles. The van der Waals surface area contributed by atoms with Crippen molar-refractivity contribution in [2.24, 2.45) is 0 Å². The molecular weight excluding hydrogens is 262 g/mol. The second-order valence-corrected chi connectivity index (χ2v) is 5.33. The Kier molecular flexibility index (Phi) is 4.73. The number of rotatable bonds is 5. The summed E-state index contributed by atoms with van der Waals surface area (Å²) in [5.41, 5.74) is 6.26. The summed E-state index contributed by atoms with van der Waals surface area (Å²) in [4.78, 5) is 0. The highest BCUT2D eigenvalue weighted by Gasteiger charge is 2.06. The third-order valence-electron chi connectivity index (χ3n) is 3.66. The number of methoxy groups -OCH3 is 2. The highest BCUT2D eigenvalue weighted by molar-refractivity contribution is 5.54. The van der Waals surface area contributed by atoms with Crippen molar-refractivity contribution in [2.75, 3.05) is 19.5 Å². The van der Waals surface area contributed by atoms with E-state index >= 15 is 0 Å². The first-order chi connectivity index (χ1) is 10.0. The zero-order valence-electron chi connectivity index (χ0n) is 13.4. The zero-order chi connectivity index (χ0) is 15.4. The van der Waals surface area contributed by atoms with Crippen LogP contribution in [0.4, 0.5) is 5.69 Å². The minimum Gasteiger partial charge on any atom is -0.497 e. The van der Waals surface area contributed by atoms with Gasteiger partial charge in [0.2, 0.25) is 0 Å². The largest absolute Gasteiger partial charge is 0.497 e. The van der Waals surface area contributed by atoms with Crippen LogP contribution in [0.15, 0.2) is 30.3 Å². The molecule has 2 aromatic carbocycles. The quantitative estimate of drug-likeness (QED) is 0.891. The first-order valence-electron chi connectivity index (χ1n) is 7.07. The lowest BCUT2D eigenvalue weighted by atomic mass is 10.00. The van der Waals surface area contributed by atoms with Crippen LogP contribution in [-0.2, 0) is 6.54 Å². The Morgan fingerprint density at radius 2 is 1.33 bits per heavy atom. The highest BCUT2D eigenvalue weighted by atomic mass is 16.5. The lowest BCUT2D eigenvalue weighted by Crippen LogP contribution is -2.04. The molecular formula is C18H23NO2. The molecule has 3 heteroatoms. The fourth-order valence-electron chi connectivity index (χ4n) is 2.59. The maximum atomic E-state index is 5.29. The number of ether oxygens (including phenoxy) is 2. The van der Waals surface area contributed by atoms with Gasteiger partial charge in [-0.2, -0.15) is 0 Å². The molecule has 1 N–H and O–H groups in total. The summed E-state index contributed by atoms with van der Waals surface area (Å²) >= 11 is 0. The summed E-state index contributed by atoms with van der Waals surface area (Å²) < 4.78 is 10.6.